The maximum Gasteiger partial charge on any atom is 0.239 e. The number of benzene rings is 2. The molecule has 0 atom stereocenters. The molecule has 0 radical (unpaired) electrons. The highest BCUT2D eigenvalue weighted by atomic mass is 16.1. The van der Waals surface area contributed by atoms with E-state index < -0.39 is 0 Å². The molecule has 0 bridgehead atoms. The summed E-state index contributed by atoms with van der Waals surface area (Å²) in [6.45, 7) is 4.95. The lowest BCUT2D eigenvalue weighted by atomic mass is 10.1. The number of rotatable bonds is 5. The van der Waals surface area contributed by atoms with Gasteiger partial charge in [0, 0.05) is 12.2 Å². The monoisotopic (exact) mass is 268 g/mol. The Morgan fingerprint density at radius 1 is 1.05 bits per heavy atom. The minimum Gasteiger partial charge on any atom is -0.376 e. The molecule has 0 aliphatic heterocycles. The summed E-state index contributed by atoms with van der Waals surface area (Å²) >= 11 is 0. The molecule has 104 valence electrons. The van der Waals surface area contributed by atoms with Crippen molar-refractivity contribution in [3.63, 3.8) is 0 Å². The van der Waals surface area contributed by atoms with Crippen LogP contribution in [0.2, 0.25) is 0 Å². The number of aryl methyl sites for hydroxylation is 2. The summed E-state index contributed by atoms with van der Waals surface area (Å²) in [7, 11) is 0. The highest BCUT2D eigenvalue weighted by Gasteiger charge is 2.03. The molecule has 2 aromatic rings. The van der Waals surface area contributed by atoms with Crippen LogP contribution in [-0.4, -0.2) is 12.5 Å². The van der Waals surface area contributed by atoms with Gasteiger partial charge in [-0.05, 0) is 31.0 Å². The van der Waals surface area contributed by atoms with Crippen LogP contribution in [-0.2, 0) is 11.3 Å². The quantitative estimate of drug-likeness (QED) is 0.875. The Bertz CT molecular complexity index is 579. The van der Waals surface area contributed by atoms with Crippen LogP contribution in [0.5, 0.6) is 0 Å². The number of amides is 1. The fourth-order valence-electron chi connectivity index (χ4n) is 2.05. The van der Waals surface area contributed by atoms with Crippen molar-refractivity contribution in [1.82, 2.24) is 5.32 Å². The van der Waals surface area contributed by atoms with Crippen molar-refractivity contribution >= 4 is 11.6 Å². The molecule has 0 aliphatic carbocycles. The van der Waals surface area contributed by atoms with Gasteiger partial charge in [-0.15, -0.1) is 0 Å². The Balaban J connectivity index is 1.80. The van der Waals surface area contributed by atoms with Crippen molar-refractivity contribution in [2.75, 3.05) is 11.9 Å². The minimum absolute atomic E-state index is 0.00571. The minimum atomic E-state index is -0.00571. The molecule has 0 saturated carbocycles. The van der Waals surface area contributed by atoms with Gasteiger partial charge in [0.15, 0.2) is 0 Å². The van der Waals surface area contributed by atoms with E-state index in [-0.39, 0.29) is 12.5 Å². The first-order chi connectivity index (χ1) is 9.65. The molecule has 0 heterocycles. The Kier molecular flexibility index (Phi) is 4.77. The number of anilines is 1. The Morgan fingerprint density at radius 3 is 2.50 bits per heavy atom. The van der Waals surface area contributed by atoms with Gasteiger partial charge in [0.1, 0.15) is 0 Å². The van der Waals surface area contributed by atoms with Gasteiger partial charge in [0.25, 0.3) is 0 Å². The molecule has 0 fully saturated rings. The predicted molar refractivity (Wildman–Crippen MR) is 82.7 cm³/mol. The normalized spacial score (nSPS) is 10.1. The van der Waals surface area contributed by atoms with Gasteiger partial charge < -0.3 is 10.6 Å². The van der Waals surface area contributed by atoms with Crippen LogP contribution in [0.1, 0.15) is 16.7 Å². The van der Waals surface area contributed by atoms with Crippen LogP contribution in [0.3, 0.4) is 0 Å². The fourth-order valence-corrected chi connectivity index (χ4v) is 2.05. The smallest absolute Gasteiger partial charge is 0.239 e. The van der Waals surface area contributed by atoms with E-state index >= 15 is 0 Å². The third kappa shape index (κ3) is 4.12. The van der Waals surface area contributed by atoms with Crippen molar-refractivity contribution < 1.29 is 4.79 Å². The summed E-state index contributed by atoms with van der Waals surface area (Å²) < 4.78 is 0. The lowest BCUT2D eigenvalue weighted by molar-refractivity contribution is -0.119. The first-order valence-electron chi connectivity index (χ1n) is 6.77. The second-order valence-corrected chi connectivity index (χ2v) is 4.93. The van der Waals surface area contributed by atoms with Crippen molar-refractivity contribution in [2.24, 2.45) is 0 Å². The summed E-state index contributed by atoms with van der Waals surface area (Å²) in [5.41, 5.74) is 4.49. The highest BCUT2D eigenvalue weighted by molar-refractivity contribution is 5.80. The first kappa shape index (κ1) is 14.1. The standard InChI is InChI=1S/C17H20N2O/c1-13-8-9-16(14(2)10-13)18-12-17(20)19-11-15-6-4-3-5-7-15/h3-10,18H,11-12H2,1-2H3,(H,19,20). The van der Waals surface area contributed by atoms with Gasteiger partial charge in [-0.2, -0.15) is 0 Å². The molecule has 2 aromatic carbocycles. The Hall–Kier alpha value is -2.29. The average Bonchev–Trinajstić information content (AvgIpc) is 2.45. The highest BCUT2D eigenvalue weighted by Crippen LogP contribution is 2.15. The third-order valence-electron chi connectivity index (χ3n) is 3.15. The van der Waals surface area contributed by atoms with Crippen LogP contribution in [0.15, 0.2) is 48.5 Å². The van der Waals surface area contributed by atoms with Gasteiger partial charge >= 0.3 is 0 Å². The van der Waals surface area contributed by atoms with Crippen LogP contribution < -0.4 is 10.6 Å². The molecule has 0 spiro atoms. The summed E-state index contributed by atoms with van der Waals surface area (Å²) in [5.74, 6) is -0.00571. The van der Waals surface area contributed by atoms with E-state index in [9.17, 15) is 4.79 Å². The number of hydrogen-bond donors (Lipinski definition) is 2. The van der Waals surface area contributed by atoms with Crippen molar-refractivity contribution in [1.29, 1.82) is 0 Å². The summed E-state index contributed by atoms with van der Waals surface area (Å²) in [6, 6.07) is 16.0. The molecule has 0 aliphatic rings. The van der Waals surface area contributed by atoms with Gasteiger partial charge in [-0.25, -0.2) is 0 Å². The Labute approximate surface area is 120 Å². The molecular weight excluding hydrogens is 248 g/mol. The van der Waals surface area contributed by atoms with E-state index in [0.29, 0.717) is 6.54 Å². The number of carbonyl (C=O) groups excluding carboxylic acids is 1. The fraction of sp³-hybridized carbons (Fsp3) is 0.235. The molecule has 20 heavy (non-hydrogen) atoms. The maximum atomic E-state index is 11.8. The van der Waals surface area contributed by atoms with Crippen LogP contribution in [0, 0.1) is 13.8 Å². The number of hydrogen-bond acceptors (Lipinski definition) is 2. The molecule has 1 amide bonds. The predicted octanol–water partition coefficient (Wildman–Crippen LogP) is 3.03. The average molecular weight is 268 g/mol. The molecule has 0 unspecified atom stereocenters. The summed E-state index contributed by atoms with van der Waals surface area (Å²) in [6.07, 6.45) is 0. The lowest BCUT2D eigenvalue weighted by Gasteiger charge is -2.10. The van der Waals surface area contributed by atoms with Gasteiger partial charge in [0.2, 0.25) is 5.91 Å². The Morgan fingerprint density at radius 2 is 1.80 bits per heavy atom. The van der Waals surface area contributed by atoms with E-state index in [1.807, 2.05) is 49.4 Å². The summed E-state index contributed by atoms with van der Waals surface area (Å²) in [5, 5.41) is 6.06. The summed E-state index contributed by atoms with van der Waals surface area (Å²) in [4.78, 5) is 11.8. The third-order valence-corrected chi connectivity index (χ3v) is 3.15. The molecule has 3 nitrogen and oxygen atoms in total. The molecule has 0 aromatic heterocycles. The van der Waals surface area contributed by atoms with E-state index in [1.165, 1.54) is 5.56 Å². The molecule has 2 N–H and O–H groups in total. The first-order valence-corrected chi connectivity index (χ1v) is 6.77. The van der Waals surface area contributed by atoms with E-state index in [0.717, 1.165) is 16.8 Å². The van der Waals surface area contributed by atoms with Gasteiger partial charge in [-0.3, -0.25) is 4.79 Å². The zero-order valence-corrected chi connectivity index (χ0v) is 11.9. The topological polar surface area (TPSA) is 41.1 Å². The van der Waals surface area contributed by atoms with Gasteiger partial charge in [-0.1, -0.05) is 48.0 Å². The molecular formula is C17H20N2O. The molecule has 2 rings (SSSR count). The second kappa shape index (κ2) is 6.75. The van der Waals surface area contributed by atoms with Crippen molar-refractivity contribution in [3.8, 4) is 0 Å². The van der Waals surface area contributed by atoms with E-state index in [2.05, 4.69) is 23.6 Å². The largest absolute Gasteiger partial charge is 0.376 e. The lowest BCUT2D eigenvalue weighted by Crippen LogP contribution is -2.29. The van der Waals surface area contributed by atoms with Crippen molar-refractivity contribution in [3.05, 3.63) is 65.2 Å². The van der Waals surface area contributed by atoms with Crippen LogP contribution in [0.4, 0.5) is 5.69 Å². The number of carbonyl (C=O) groups is 1. The van der Waals surface area contributed by atoms with Crippen molar-refractivity contribution in [2.45, 2.75) is 20.4 Å². The molecule has 0 saturated heterocycles. The van der Waals surface area contributed by atoms with Gasteiger partial charge in [0.05, 0.1) is 6.54 Å². The number of nitrogens with one attached hydrogen (secondary N) is 2. The zero-order valence-electron chi connectivity index (χ0n) is 11.9. The molecule has 3 heteroatoms. The second-order valence-electron chi connectivity index (χ2n) is 4.93. The maximum absolute atomic E-state index is 11.8. The van der Waals surface area contributed by atoms with E-state index in [1.54, 1.807) is 0 Å². The SMILES string of the molecule is Cc1ccc(NCC(=O)NCc2ccccc2)c(C)c1. The zero-order chi connectivity index (χ0) is 14.4. The van der Waals surface area contributed by atoms with Crippen LogP contribution >= 0.6 is 0 Å². The van der Waals surface area contributed by atoms with Crippen LogP contribution in [0.25, 0.3) is 0 Å². The van der Waals surface area contributed by atoms with E-state index in [4.69, 9.17) is 0 Å².